The molecule has 1 aliphatic rings. The van der Waals surface area contributed by atoms with Crippen LogP contribution in [0.15, 0.2) is 29.2 Å². The molecule has 1 N–H and O–H groups in total. The topological polar surface area (TPSA) is 32.3 Å². The predicted molar refractivity (Wildman–Crippen MR) is 80.3 cm³/mol. The Hall–Kier alpha value is -1.07. The third-order valence-corrected chi connectivity index (χ3v) is 4.79. The maximum absolute atomic E-state index is 12.8. The summed E-state index contributed by atoms with van der Waals surface area (Å²) in [7, 11) is 0. The number of carbonyl (C=O) groups excluding carboxylic acids is 1. The summed E-state index contributed by atoms with van der Waals surface area (Å²) in [6, 6.07) is 6.67. The Balaban J connectivity index is 1.86. The number of nitrogens with one attached hydrogen (secondary N) is 1. The number of halogens is 1. The fraction of sp³-hybridized carbons (Fsp3) is 0.533. The van der Waals surface area contributed by atoms with Crippen molar-refractivity contribution in [2.75, 3.05) is 25.4 Å². The van der Waals surface area contributed by atoms with Crippen LogP contribution < -0.4 is 5.32 Å². The summed E-state index contributed by atoms with van der Waals surface area (Å²) < 4.78 is 12.8. The minimum atomic E-state index is -0.229. The summed E-state index contributed by atoms with van der Waals surface area (Å²) in [6.07, 6.45) is 0. The van der Waals surface area contributed by atoms with Crippen molar-refractivity contribution in [3.63, 3.8) is 0 Å². The molecular formula is C15H21FN2OS. The van der Waals surface area contributed by atoms with E-state index in [2.05, 4.69) is 12.2 Å². The number of piperazine rings is 1. The van der Waals surface area contributed by atoms with E-state index >= 15 is 0 Å². The van der Waals surface area contributed by atoms with Gasteiger partial charge < -0.3 is 10.2 Å². The third-order valence-electron chi connectivity index (χ3n) is 3.52. The molecule has 0 aromatic heterocycles. The largest absolute Gasteiger partial charge is 0.337 e. The van der Waals surface area contributed by atoms with Gasteiger partial charge >= 0.3 is 0 Å². The first-order chi connectivity index (χ1) is 9.58. The highest BCUT2D eigenvalue weighted by Crippen LogP contribution is 2.22. The van der Waals surface area contributed by atoms with E-state index in [0.29, 0.717) is 0 Å². The van der Waals surface area contributed by atoms with E-state index in [4.69, 9.17) is 0 Å². The van der Waals surface area contributed by atoms with Gasteiger partial charge in [-0.1, -0.05) is 6.92 Å². The average Bonchev–Trinajstić information content (AvgIpc) is 2.46. The van der Waals surface area contributed by atoms with Gasteiger partial charge in [-0.25, -0.2) is 4.39 Å². The maximum Gasteiger partial charge on any atom is 0.226 e. The number of hydrogen-bond donors (Lipinski definition) is 1. The second kappa shape index (κ2) is 7.09. The SMILES string of the molecule is CC(CSc1ccc(F)cc1)C(=O)N1CCNC[C@@H]1C. The van der Waals surface area contributed by atoms with E-state index < -0.39 is 0 Å². The monoisotopic (exact) mass is 296 g/mol. The highest BCUT2D eigenvalue weighted by atomic mass is 32.2. The maximum atomic E-state index is 12.8. The average molecular weight is 296 g/mol. The Morgan fingerprint density at radius 3 is 2.85 bits per heavy atom. The lowest BCUT2D eigenvalue weighted by atomic mass is 10.1. The lowest BCUT2D eigenvalue weighted by Crippen LogP contribution is -2.53. The van der Waals surface area contributed by atoms with Gasteiger partial charge in [0.05, 0.1) is 0 Å². The molecular weight excluding hydrogens is 275 g/mol. The van der Waals surface area contributed by atoms with Crippen LogP contribution in [-0.4, -0.2) is 42.2 Å². The number of benzene rings is 1. The zero-order valence-corrected chi connectivity index (χ0v) is 12.8. The first-order valence-corrected chi connectivity index (χ1v) is 7.96. The number of rotatable bonds is 4. The van der Waals surface area contributed by atoms with Crippen LogP contribution in [0.3, 0.4) is 0 Å². The second-order valence-corrected chi connectivity index (χ2v) is 6.34. The zero-order chi connectivity index (χ0) is 14.5. The van der Waals surface area contributed by atoms with Crippen LogP contribution >= 0.6 is 11.8 Å². The van der Waals surface area contributed by atoms with Crippen molar-refractivity contribution in [1.82, 2.24) is 10.2 Å². The molecule has 0 spiro atoms. The van der Waals surface area contributed by atoms with E-state index in [9.17, 15) is 9.18 Å². The molecule has 1 heterocycles. The van der Waals surface area contributed by atoms with E-state index in [-0.39, 0.29) is 23.7 Å². The Kier molecular flexibility index (Phi) is 5.43. The van der Waals surface area contributed by atoms with Crippen molar-refractivity contribution in [2.24, 2.45) is 5.92 Å². The summed E-state index contributed by atoms with van der Waals surface area (Å²) >= 11 is 1.60. The number of amides is 1. The lowest BCUT2D eigenvalue weighted by Gasteiger charge is -2.35. The van der Waals surface area contributed by atoms with Gasteiger partial charge in [0.1, 0.15) is 5.82 Å². The highest BCUT2D eigenvalue weighted by molar-refractivity contribution is 7.99. The molecule has 1 aliphatic heterocycles. The second-order valence-electron chi connectivity index (χ2n) is 5.25. The smallest absolute Gasteiger partial charge is 0.226 e. The number of carbonyl (C=O) groups is 1. The fourth-order valence-electron chi connectivity index (χ4n) is 2.27. The molecule has 1 saturated heterocycles. The summed E-state index contributed by atoms with van der Waals surface area (Å²) in [4.78, 5) is 15.4. The van der Waals surface area contributed by atoms with Crippen molar-refractivity contribution in [1.29, 1.82) is 0 Å². The Bertz CT molecular complexity index is 452. The fourth-order valence-corrected chi connectivity index (χ4v) is 3.19. The molecule has 1 aromatic rings. The van der Waals surface area contributed by atoms with Gasteiger partial charge in [0.2, 0.25) is 5.91 Å². The van der Waals surface area contributed by atoms with Gasteiger partial charge in [-0.05, 0) is 31.2 Å². The van der Waals surface area contributed by atoms with Gasteiger partial charge in [0, 0.05) is 42.2 Å². The quantitative estimate of drug-likeness (QED) is 0.866. The number of hydrogen-bond acceptors (Lipinski definition) is 3. The van der Waals surface area contributed by atoms with Gasteiger partial charge in [0.25, 0.3) is 0 Å². The molecule has 2 rings (SSSR count). The lowest BCUT2D eigenvalue weighted by molar-refractivity contribution is -0.137. The highest BCUT2D eigenvalue weighted by Gasteiger charge is 2.26. The van der Waals surface area contributed by atoms with E-state index in [0.717, 1.165) is 30.3 Å². The molecule has 0 saturated carbocycles. The standard InChI is InChI=1S/C15H21FN2OS/c1-11(10-20-14-5-3-13(16)4-6-14)15(19)18-8-7-17-9-12(18)2/h3-6,11-12,17H,7-10H2,1-2H3/t11?,12-/m0/s1. The van der Waals surface area contributed by atoms with E-state index in [1.165, 1.54) is 12.1 Å². The van der Waals surface area contributed by atoms with Crippen LogP contribution in [0.1, 0.15) is 13.8 Å². The van der Waals surface area contributed by atoms with Crippen molar-refractivity contribution < 1.29 is 9.18 Å². The zero-order valence-electron chi connectivity index (χ0n) is 11.9. The number of nitrogens with zero attached hydrogens (tertiary/aromatic N) is 1. The van der Waals surface area contributed by atoms with Crippen LogP contribution in [0.2, 0.25) is 0 Å². The third kappa shape index (κ3) is 3.96. The predicted octanol–water partition coefficient (Wildman–Crippen LogP) is 2.37. The van der Waals surface area contributed by atoms with Crippen LogP contribution in [0.5, 0.6) is 0 Å². The summed E-state index contributed by atoms with van der Waals surface area (Å²) in [5, 5.41) is 3.29. The van der Waals surface area contributed by atoms with Crippen molar-refractivity contribution >= 4 is 17.7 Å². The van der Waals surface area contributed by atoms with Gasteiger partial charge in [-0.2, -0.15) is 0 Å². The summed E-state index contributed by atoms with van der Waals surface area (Å²) in [5.74, 6) is 0.688. The minimum Gasteiger partial charge on any atom is -0.337 e. The first-order valence-electron chi connectivity index (χ1n) is 6.97. The van der Waals surface area contributed by atoms with Gasteiger partial charge in [-0.15, -0.1) is 11.8 Å². The molecule has 3 nitrogen and oxygen atoms in total. The molecule has 110 valence electrons. The van der Waals surface area contributed by atoms with Gasteiger partial charge in [-0.3, -0.25) is 4.79 Å². The molecule has 0 aliphatic carbocycles. The summed E-state index contributed by atoms with van der Waals surface area (Å²) in [5.41, 5.74) is 0. The van der Waals surface area contributed by atoms with E-state index in [1.54, 1.807) is 23.9 Å². The molecule has 20 heavy (non-hydrogen) atoms. The molecule has 1 fully saturated rings. The molecule has 0 bridgehead atoms. The van der Waals surface area contributed by atoms with Crippen LogP contribution in [-0.2, 0) is 4.79 Å². The summed E-state index contributed by atoms with van der Waals surface area (Å²) in [6.45, 7) is 6.56. The van der Waals surface area contributed by atoms with Gasteiger partial charge in [0.15, 0.2) is 0 Å². The Labute approximate surface area is 123 Å². The number of thioether (sulfide) groups is 1. The van der Waals surface area contributed by atoms with Crippen molar-refractivity contribution in [3.8, 4) is 0 Å². The molecule has 5 heteroatoms. The van der Waals surface area contributed by atoms with E-state index in [1.807, 2.05) is 11.8 Å². The molecule has 2 atom stereocenters. The van der Waals surface area contributed by atoms with Crippen LogP contribution in [0, 0.1) is 11.7 Å². The Morgan fingerprint density at radius 1 is 1.50 bits per heavy atom. The Morgan fingerprint density at radius 2 is 2.20 bits per heavy atom. The van der Waals surface area contributed by atoms with Crippen molar-refractivity contribution in [3.05, 3.63) is 30.1 Å². The molecule has 0 radical (unpaired) electrons. The molecule has 1 amide bonds. The minimum absolute atomic E-state index is 0.0226. The molecule has 1 unspecified atom stereocenters. The van der Waals surface area contributed by atoms with Crippen LogP contribution in [0.25, 0.3) is 0 Å². The normalized spacial score (nSPS) is 20.8. The first kappa shape index (κ1) is 15.3. The van der Waals surface area contributed by atoms with Crippen molar-refractivity contribution in [2.45, 2.75) is 24.8 Å². The van der Waals surface area contributed by atoms with Crippen LogP contribution in [0.4, 0.5) is 4.39 Å². The molecule has 1 aromatic carbocycles.